The molecule has 1 amide bonds. The van der Waals surface area contributed by atoms with Crippen LogP contribution >= 0.6 is 0 Å². The van der Waals surface area contributed by atoms with Crippen molar-refractivity contribution in [3.05, 3.63) is 66.2 Å². The number of hydrogen-bond donors (Lipinski definition) is 1. The van der Waals surface area contributed by atoms with Gasteiger partial charge in [-0.25, -0.2) is 12.7 Å². The number of sulfonamides is 1. The van der Waals surface area contributed by atoms with E-state index in [1.54, 1.807) is 19.2 Å². The Morgan fingerprint density at radius 1 is 0.966 bits per heavy atom. The van der Waals surface area contributed by atoms with Crippen molar-refractivity contribution in [3.63, 3.8) is 0 Å². The molecule has 1 atom stereocenters. The average molecular weight is 413 g/mol. The Balaban J connectivity index is 1.76. The van der Waals surface area contributed by atoms with Crippen LogP contribution in [-0.4, -0.2) is 39.8 Å². The Kier molecular flexibility index (Phi) is 5.91. The van der Waals surface area contributed by atoms with E-state index in [4.69, 9.17) is 4.74 Å². The number of fused-ring (bicyclic) bond motifs is 1. The van der Waals surface area contributed by atoms with Crippen molar-refractivity contribution in [1.82, 2.24) is 4.31 Å². The van der Waals surface area contributed by atoms with E-state index in [2.05, 4.69) is 5.32 Å². The van der Waals surface area contributed by atoms with Gasteiger partial charge in [-0.3, -0.25) is 4.79 Å². The van der Waals surface area contributed by atoms with Gasteiger partial charge in [-0.2, -0.15) is 0 Å². The van der Waals surface area contributed by atoms with Gasteiger partial charge < -0.3 is 10.1 Å². The molecule has 29 heavy (non-hydrogen) atoms. The maximum atomic E-state index is 12.7. The predicted molar refractivity (Wildman–Crippen MR) is 115 cm³/mol. The minimum atomic E-state index is -3.50. The van der Waals surface area contributed by atoms with Crippen LogP contribution in [0.3, 0.4) is 0 Å². The fourth-order valence-corrected chi connectivity index (χ4v) is 3.86. The number of benzene rings is 3. The van der Waals surface area contributed by atoms with Crippen molar-refractivity contribution in [1.29, 1.82) is 0 Å². The van der Waals surface area contributed by atoms with Crippen molar-refractivity contribution >= 4 is 32.4 Å². The first-order chi connectivity index (χ1) is 13.7. The van der Waals surface area contributed by atoms with Gasteiger partial charge in [0.15, 0.2) is 0 Å². The number of nitrogens with zero attached hydrogens (tertiary/aromatic N) is 1. The fourth-order valence-electron chi connectivity index (χ4n) is 2.96. The zero-order chi connectivity index (χ0) is 21.2. The Morgan fingerprint density at radius 2 is 1.59 bits per heavy atom. The number of rotatable bonds is 6. The van der Waals surface area contributed by atoms with Gasteiger partial charge in [0.25, 0.3) is 0 Å². The van der Waals surface area contributed by atoms with Crippen LogP contribution in [0.15, 0.2) is 65.6 Å². The van der Waals surface area contributed by atoms with Gasteiger partial charge in [-0.15, -0.1) is 0 Å². The van der Waals surface area contributed by atoms with Gasteiger partial charge in [0.2, 0.25) is 15.9 Å². The molecule has 0 heterocycles. The number of methoxy groups -OCH3 is 1. The second-order valence-electron chi connectivity index (χ2n) is 7.00. The zero-order valence-corrected chi connectivity index (χ0v) is 17.7. The molecule has 0 bridgehead atoms. The van der Waals surface area contributed by atoms with Crippen molar-refractivity contribution in [3.8, 4) is 5.75 Å². The Morgan fingerprint density at radius 3 is 2.21 bits per heavy atom. The van der Waals surface area contributed by atoms with Crippen LogP contribution in [0.4, 0.5) is 5.69 Å². The molecule has 0 aromatic heterocycles. The molecular weight excluding hydrogens is 388 g/mol. The summed E-state index contributed by atoms with van der Waals surface area (Å²) in [5.74, 6) is 0.253. The highest BCUT2D eigenvalue weighted by atomic mass is 32.2. The quantitative estimate of drug-likeness (QED) is 0.667. The van der Waals surface area contributed by atoms with Crippen LogP contribution in [0.5, 0.6) is 5.75 Å². The van der Waals surface area contributed by atoms with Gasteiger partial charge in [0.05, 0.1) is 17.9 Å². The van der Waals surface area contributed by atoms with Crippen LogP contribution in [0.1, 0.15) is 18.4 Å². The van der Waals surface area contributed by atoms with Crippen molar-refractivity contribution in [2.24, 2.45) is 0 Å². The van der Waals surface area contributed by atoms with Crippen LogP contribution < -0.4 is 10.1 Å². The summed E-state index contributed by atoms with van der Waals surface area (Å²) in [6.45, 7) is 1.84. The highest BCUT2D eigenvalue weighted by Gasteiger charge is 2.18. The third-order valence-electron chi connectivity index (χ3n) is 4.87. The summed E-state index contributed by atoms with van der Waals surface area (Å²) in [6, 6.07) is 17.8. The van der Waals surface area contributed by atoms with Crippen molar-refractivity contribution < 1.29 is 17.9 Å². The zero-order valence-electron chi connectivity index (χ0n) is 16.8. The molecule has 1 N–H and O–H groups in total. The first-order valence-corrected chi connectivity index (χ1v) is 10.6. The summed E-state index contributed by atoms with van der Waals surface area (Å²) < 4.78 is 30.7. The molecule has 3 aromatic rings. The molecule has 3 aromatic carbocycles. The summed E-state index contributed by atoms with van der Waals surface area (Å²) in [5, 5.41) is 4.92. The van der Waals surface area contributed by atoms with Gasteiger partial charge >= 0.3 is 0 Å². The van der Waals surface area contributed by atoms with Crippen molar-refractivity contribution in [2.45, 2.75) is 17.7 Å². The summed E-state index contributed by atoms with van der Waals surface area (Å²) in [4.78, 5) is 12.9. The standard InChI is InChI=1S/C22H24N2O4S/c1-15(16-5-6-18-14-20(28-4)10-7-17(18)13-16)22(25)23-19-8-11-21(12-9-19)29(26,27)24(2)3/h5-15H,1-4H3,(H,23,25)/t15-/m0/s1. The van der Waals surface area contributed by atoms with E-state index in [9.17, 15) is 13.2 Å². The normalized spacial score (nSPS) is 12.7. The summed E-state index contributed by atoms with van der Waals surface area (Å²) in [7, 11) is 1.09. The summed E-state index contributed by atoms with van der Waals surface area (Å²) in [6.07, 6.45) is 0. The van der Waals surface area contributed by atoms with Gasteiger partial charge in [-0.1, -0.05) is 24.3 Å². The van der Waals surface area contributed by atoms with E-state index >= 15 is 0 Å². The fraction of sp³-hybridized carbons (Fsp3) is 0.227. The van der Waals surface area contributed by atoms with E-state index in [1.165, 1.54) is 26.2 Å². The third kappa shape index (κ3) is 4.41. The molecule has 0 fully saturated rings. The molecule has 0 radical (unpaired) electrons. The van der Waals surface area contributed by atoms with E-state index < -0.39 is 10.0 Å². The van der Waals surface area contributed by atoms with E-state index in [1.807, 2.05) is 43.3 Å². The highest BCUT2D eigenvalue weighted by molar-refractivity contribution is 7.89. The van der Waals surface area contributed by atoms with Gasteiger partial charge in [0.1, 0.15) is 5.75 Å². The van der Waals surface area contributed by atoms with E-state index in [0.717, 1.165) is 26.4 Å². The number of anilines is 1. The molecule has 0 aliphatic carbocycles. The molecule has 0 spiro atoms. The smallest absolute Gasteiger partial charge is 0.242 e. The number of hydrogen-bond acceptors (Lipinski definition) is 4. The number of amides is 1. The SMILES string of the molecule is COc1ccc2cc([C@H](C)C(=O)Nc3ccc(S(=O)(=O)N(C)C)cc3)ccc2c1. The molecule has 0 aliphatic heterocycles. The maximum Gasteiger partial charge on any atom is 0.242 e. The predicted octanol–water partition coefficient (Wildman–Crippen LogP) is 3.84. The third-order valence-corrected chi connectivity index (χ3v) is 6.69. The topological polar surface area (TPSA) is 75.7 Å². The van der Waals surface area contributed by atoms with Crippen molar-refractivity contribution in [2.75, 3.05) is 26.5 Å². The maximum absolute atomic E-state index is 12.7. The van der Waals surface area contributed by atoms with Crippen LogP contribution in [-0.2, 0) is 14.8 Å². The molecule has 6 nitrogen and oxygen atoms in total. The first-order valence-electron chi connectivity index (χ1n) is 9.13. The number of carbonyl (C=O) groups is 1. The van der Waals surface area contributed by atoms with E-state index in [-0.39, 0.29) is 16.7 Å². The van der Waals surface area contributed by atoms with Crippen LogP contribution in [0, 0.1) is 0 Å². The molecular formula is C22H24N2O4S. The number of ether oxygens (including phenoxy) is 1. The Labute approximate surface area is 171 Å². The van der Waals surface area contributed by atoms with Gasteiger partial charge in [0, 0.05) is 19.8 Å². The number of carbonyl (C=O) groups excluding carboxylic acids is 1. The molecule has 0 aliphatic rings. The lowest BCUT2D eigenvalue weighted by Crippen LogP contribution is -2.22. The second kappa shape index (κ2) is 8.23. The first kappa shape index (κ1) is 20.8. The van der Waals surface area contributed by atoms with Crippen LogP contribution in [0.25, 0.3) is 10.8 Å². The lowest BCUT2D eigenvalue weighted by atomic mass is 9.97. The average Bonchev–Trinajstić information content (AvgIpc) is 2.72. The molecule has 3 rings (SSSR count). The molecule has 152 valence electrons. The Bertz CT molecular complexity index is 1140. The molecule has 7 heteroatoms. The van der Waals surface area contributed by atoms with Crippen LogP contribution in [0.2, 0.25) is 0 Å². The summed E-state index contributed by atoms with van der Waals surface area (Å²) >= 11 is 0. The molecule has 0 saturated heterocycles. The lowest BCUT2D eigenvalue weighted by molar-refractivity contribution is -0.117. The Hall–Kier alpha value is -2.90. The monoisotopic (exact) mass is 412 g/mol. The lowest BCUT2D eigenvalue weighted by Gasteiger charge is -2.15. The number of nitrogens with one attached hydrogen (secondary N) is 1. The minimum absolute atomic E-state index is 0.166. The van der Waals surface area contributed by atoms with Gasteiger partial charge in [-0.05, 0) is 59.7 Å². The molecule has 0 saturated carbocycles. The minimum Gasteiger partial charge on any atom is -0.497 e. The summed E-state index contributed by atoms with van der Waals surface area (Å²) in [5.41, 5.74) is 1.44. The van der Waals surface area contributed by atoms with E-state index in [0.29, 0.717) is 5.69 Å². The largest absolute Gasteiger partial charge is 0.497 e. The molecule has 0 unspecified atom stereocenters. The highest BCUT2D eigenvalue weighted by Crippen LogP contribution is 2.26. The second-order valence-corrected chi connectivity index (χ2v) is 9.15.